The van der Waals surface area contributed by atoms with E-state index in [9.17, 15) is 15.2 Å². The van der Waals surface area contributed by atoms with Gasteiger partial charge in [-0.1, -0.05) is 6.07 Å². The zero-order valence-corrected chi connectivity index (χ0v) is 7.43. The van der Waals surface area contributed by atoms with Crippen LogP contribution in [0.5, 0.6) is 0 Å². The fourth-order valence-electron chi connectivity index (χ4n) is 1.61. The lowest BCUT2D eigenvalue weighted by Gasteiger charge is -2.12. The fourth-order valence-corrected chi connectivity index (χ4v) is 1.61. The number of hydrogen-bond donors (Lipinski definition) is 1. The van der Waals surface area contributed by atoms with Crippen LogP contribution in [0.4, 0.5) is 5.69 Å². The molecule has 14 heavy (non-hydrogen) atoms. The van der Waals surface area contributed by atoms with Crippen molar-refractivity contribution in [3.8, 4) is 0 Å². The molecule has 4 nitrogen and oxygen atoms in total. The minimum Gasteiger partial charge on any atom is -0.508 e. The molecule has 0 spiro atoms. The first-order chi connectivity index (χ1) is 6.68. The van der Waals surface area contributed by atoms with Gasteiger partial charge in [0.25, 0.3) is 5.69 Å². The molecule has 0 radical (unpaired) electrons. The number of nitrogens with zero attached hydrogens (tertiary/aromatic N) is 1. The van der Waals surface area contributed by atoms with Gasteiger partial charge in [-0.2, -0.15) is 0 Å². The molecule has 0 atom stereocenters. The van der Waals surface area contributed by atoms with Crippen molar-refractivity contribution in [1.29, 1.82) is 0 Å². The first-order valence-electron chi connectivity index (χ1n) is 4.35. The molecular formula is C10H9NO3. The summed E-state index contributed by atoms with van der Waals surface area (Å²) in [5.41, 5.74) is 1.58. The van der Waals surface area contributed by atoms with Crippen LogP contribution in [0, 0.1) is 10.1 Å². The lowest BCUT2D eigenvalue weighted by Crippen LogP contribution is -2.00. The Labute approximate surface area is 80.6 Å². The summed E-state index contributed by atoms with van der Waals surface area (Å²) in [7, 11) is 0. The predicted molar refractivity (Wildman–Crippen MR) is 52.0 cm³/mol. The van der Waals surface area contributed by atoms with Crippen LogP contribution in [-0.4, -0.2) is 10.0 Å². The van der Waals surface area contributed by atoms with Gasteiger partial charge in [0, 0.05) is 17.7 Å². The first kappa shape index (κ1) is 8.74. The summed E-state index contributed by atoms with van der Waals surface area (Å²) >= 11 is 0. The lowest BCUT2D eigenvalue weighted by molar-refractivity contribution is -0.384. The quantitative estimate of drug-likeness (QED) is 0.547. The van der Waals surface area contributed by atoms with E-state index in [1.165, 1.54) is 12.1 Å². The molecule has 0 fully saturated rings. The monoisotopic (exact) mass is 191 g/mol. The van der Waals surface area contributed by atoms with Crippen LogP contribution in [0.2, 0.25) is 0 Å². The number of nitro groups is 1. The Bertz CT molecular complexity index is 423. The van der Waals surface area contributed by atoms with Crippen molar-refractivity contribution in [2.45, 2.75) is 12.8 Å². The van der Waals surface area contributed by atoms with Crippen LogP contribution >= 0.6 is 0 Å². The molecule has 1 aliphatic carbocycles. The zero-order chi connectivity index (χ0) is 10.1. The van der Waals surface area contributed by atoms with Crippen LogP contribution in [-0.2, 0) is 6.42 Å². The van der Waals surface area contributed by atoms with E-state index in [0.717, 1.165) is 18.4 Å². The lowest BCUT2D eigenvalue weighted by atomic mass is 9.95. The number of aliphatic hydroxyl groups is 1. The number of nitro benzene ring substituents is 1. The Hall–Kier alpha value is -1.84. The van der Waals surface area contributed by atoms with E-state index in [1.807, 2.05) is 0 Å². The number of allylic oxidation sites excluding steroid dienone is 1. The van der Waals surface area contributed by atoms with E-state index in [1.54, 1.807) is 12.1 Å². The Morgan fingerprint density at radius 3 is 2.93 bits per heavy atom. The Balaban J connectivity index is 2.53. The molecule has 4 heteroatoms. The van der Waals surface area contributed by atoms with Crippen molar-refractivity contribution in [1.82, 2.24) is 0 Å². The van der Waals surface area contributed by atoms with Gasteiger partial charge in [-0.3, -0.25) is 10.1 Å². The summed E-state index contributed by atoms with van der Waals surface area (Å²) in [5, 5.41) is 20.0. The molecule has 0 amide bonds. The largest absolute Gasteiger partial charge is 0.508 e. The number of rotatable bonds is 1. The third-order valence-electron chi connectivity index (χ3n) is 2.33. The van der Waals surface area contributed by atoms with Gasteiger partial charge in [-0.25, -0.2) is 0 Å². The number of benzene rings is 1. The molecule has 0 saturated carbocycles. The molecule has 72 valence electrons. The van der Waals surface area contributed by atoms with E-state index in [-0.39, 0.29) is 11.4 Å². The van der Waals surface area contributed by atoms with Crippen molar-refractivity contribution in [2.24, 2.45) is 0 Å². The molecular weight excluding hydrogens is 182 g/mol. The number of non-ortho nitro benzene ring substituents is 1. The molecule has 0 aliphatic heterocycles. The third-order valence-corrected chi connectivity index (χ3v) is 2.33. The van der Waals surface area contributed by atoms with Crippen molar-refractivity contribution in [2.75, 3.05) is 0 Å². The third kappa shape index (κ3) is 1.35. The number of aryl methyl sites for hydroxylation is 1. The number of hydrogen-bond acceptors (Lipinski definition) is 3. The summed E-state index contributed by atoms with van der Waals surface area (Å²) in [6.45, 7) is 0. The number of aliphatic hydroxyl groups excluding tert-OH is 1. The normalized spacial score (nSPS) is 14.4. The highest BCUT2D eigenvalue weighted by molar-refractivity contribution is 5.66. The molecule has 1 aliphatic rings. The minimum atomic E-state index is -0.456. The van der Waals surface area contributed by atoms with Crippen LogP contribution < -0.4 is 0 Å². The maximum Gasteiger partial charge on any atom is 0.270 e. The van der Waals surface area contributed by atoms with Gasteiger partial charge < -0.3 is 5.11 Å². The van der Waals surface area contributed by atoms with Crippen LogP contribution in [0.25, 0.3) is 5.76 Å². The van der Waals surface area contributed by atoms with Gasteiger partial charge in [0.1, 0.15) is 5.76 Å². The van der Waals surface area contributed by atoms with E-state index in [0.29, 0.717) is 5.56 Å². The molecule has 0 bridgehead atoms. The summed E-state index contributed by atoms with van der Waals surface area (Å²) in [6.07, 6.45) is 3.31. The smallest absolute Gasteiger partial charge is 0.270 e. The van der Waals surface area contributed by atoms with Gasteiger partial charge in [-0.15, -0.1) is 0 Å². The maximum absolute atomic E-state index is 10.5. The van der Waals surface area contributed by atoms with E-state index < -0.39 is 4.92 Å². The van der Waals surface area contributed by atoms with Crippen LogP contribution in [0.1, 0.15) is 17.5 Å². The topological polar surface area (TPSA) is 63.4 Å². The van der Waals surface area contributed by atoms with Crippen molar-refractivity contribution >= 4 is 11.4 Å². The fraction of sp³-hybridized carbons (Fsp3) is 0.200. The van der Waals surface area contributed by atoms with E-state index in [2.05, 4.69) is 0 Å². The zero-order valence-electron chi connectivity index (χ0n) is 7.43. The van der Waals surface area contributed by atoms with Gasteiger partial charge in [0.2, 0.25) is 0 Å². The highest BCUT2D eigenvalue weighted by Gasteiger charge is 2.15. The van der Waals surface area contributed by atoms with E-state index >= 15 is 0 Å². The molecule has 0 unspecified atom stereocenters. The molecule has 1 aromatic carbocycles. The average Bonchev–Trinajstić information content (AvgIpc) is 2.18. The van der Waals surface area contributed by atoms with Gasteiger partial charge in [0.15, 0.2) is 0 Å². The second-order valence-corrected chi connectivity index (χ2v) is 3.23. The highest BCUT2D eigenvalue weighted by atomic mass is 16.6. The summed E-state index contributed by atoms with van der Waals surface area (Å²) in [6, 6.07) is 4.59. The predicted octanol–water partition coefficient (Wildman–Crippen LogP) is 2.44. The van der Waals surface area contributed by atoms with Gasteiger partial charge in [0.05, 0.1) is 4.92 Å². The molecule has 1 aromatic rings. The molecule has 0 heterocycles. The molecule has 1 N–H and O–H groups in total. The molecule has 2 rings (SSSR count). The highest BCUT2D eigenvalue weighted by Crippen LogP contribution is 2.27. The van der Waals surface area contributed by atoms with Crippen molar-refractivity contribution < 1.29 is 10.0 Å². The summed E-state index contributed by atoms with van der Waals surface area (Å²) < 4.78 is 0. The Morgan fingerprint density at radius 2 is 2.21 bits per heavy atom. The first-order valence-corrected chi connectivity index (χ1v) is 4.35. The van der Waals surface area contributed by atoms with Crippen LogP contribution in [0.15, 0.2) is 24.3 Å². The summed E-state index contributed by atoms with van der Waals surface area (Å²) in [4.78, 5) is 10.0. The maximum atomic E-state index is 10.5. The van der Waals surface area contributed by atoms with Gasteiger partial charge in [-0.05, 0) is 24.5 Å². The SMILES string of the molecule is O=[N+]([O-])c1ccc2c(c1)C(O)=CCC2. The van der Waals surface area contributed by atoms with Crippen LogP contribution in [0.3, 0.4) is 0 Å². The second kappa shape index (κ2) is 3.14. The number of fused-ring (bicyclic) bond motifs is 1. The summed E-state index contributed by atoms with van der Waals surface area (Å²) in [5.74, 6) is 0.148. The average molecular weight is 191 g/mol. The Kier molecular flexibility index (Phi) is 1.96. The molecule has 0 aromatic heterocycles. The van der Waals surface area contributed by atoms with Crippen molar-refractivity contribution in [3.05, 3.63) is 45.5 Å². The van der Waals surface area contributed by atoms with Crippen molar-refractivity contribution in [3.63, 3.8) is 0 Å². The van der Waals surface area contributed by atoms with Gasteiger partial charge >= 0.3 is 0 Å². The minimum absolute atomic E-state index is 0.0191. The molecule has 0 saturated heterocycles. The van der Waals surface area contributed by atoms with E-state index in [4.69, 9.17) is 0 Å². The standard InChI is InChI=1S/C10H9NO3/c12-10-3-1-2-7-4-5-8(11(13)14)6-9(7)10/h3-6,12H,1-2H2. The Morgan fingerprint density at radius 1 is 1.43 bits per heavy atom. The second-order valence-electron chi connectivity index (χ2n) is 3.23.